The molecule has 1 aromatic carbocycles. The van der Waals surface area contributed by atoms with Crippen molar-refractivity contribution in [2.24, 2.45) is 5.92 Å². The van der Waals surface area contributed by atoms with Gasteiger partial charge in [0.1, 0.15) is 5.92 Å². The first-order valence-corrected chi connectivity index (χ1v) is 6.33. The summed E-state index contributed by atoms with van der Waals surface area (Å²) in [7, 11) is 2.78. The minimum absolute atomic E-state index is 0.286. The molecule has 0 unspecified atom stereocenters. The zero-order valence-corrected chi connectivity index (χ0v) is 11.4. The van der Waals surface area contributed by atoms with Crippen LogP contribution in [0, 0.1) is 5.92 Å². The van der Waals surface area contributed by atoms with Crippen LogP contribution in [0.15, 0.2) is 36.4 Å². The summed E-state index contributed by atoms with van der Waals surface area (Å²) in [5, 5.41) is 0. The Kier molecular flexibility index (Phi) is 3.98. The summed E-state index contributed by atoms with van der Waals surface area (Å²) in [6.07, 6.45) is 3.93. The van der Waals surface area contributed by atoms with Crippen molar-refractivity contribution in [3.05, 3.63) is 42.0 Å². The first kappa shape index (κ1) is 14.0. The summed E-state index contributed by atoms with van der Waals surface area (Å²) in [4.78, 5) is 37.5. The van der Waals surface area contributed by atoms with E-state index in [2.05, 4.69) is 0 Å². The molecule has 1 aromatic rings. The van der Waals surface area contributed by atoms with E-state index in [-0.39, 0.29) is 6.42 Å². The van der Waals surface area contributed by atoms with E-state index in [0.29, 0.717) is 0 Å². The molecule has 1 heterocycles. The molecule has 0 atom stereocenters. The van der Waals surface area contributed by atoms with E-state index in [1.165, 1.54) is 14.1 Å². The van der Waals surface area contributed by atoms with Gasteiger partial charge in [-0.25, -0.2) is 4.79 Å². The summed E-state index contributed by atoms with van der Waals surface area (Å²) < 4.78 is 0. The number of carbonyl (C=O) groups excluding carboxylic acids is 3. The lowest BCUT2D eigenvalue weighted by Gasteiger charge is -2.32. The Morgan fingerprint density at radius 2 is 1.55 bits per heavy atom. The van der Waals surface area contributed by atoms with Gasteiger partial charge in [0.15, 0.2) is 0 Å². The maximum Gasteiger partial charge on any atom is 0.332 e. The van der Waals surface area contributed by atoms with Crippen molar-refractivity contribution >= 4 is 23.9 Å². The van der Waals surface area contributed by atoms with Gasteiger partial charge < -0.3 is 0 Å². The van der Waals surface area contributed by atoms with Gasteiger partial charge in [-0.15, -0.1) is 0 Å². The molecule has 1 fully saturated rings. The zero-order valence-electron chi connectivity index (χ0n) is 11.4. The second-order valence-electron chi connectivity index (χ2n) is 4.68. The van der Waals surface area contributed by atoms with E-state index in [1.54, 1.807) is 6.08 Å². The molecule has 0 aliphatic carbocycles. The number of hydrogen-bond donors (Lipinski definition) is 0. The van der Waals surface area contributed by atoms with E-state index in [4.69, 9.17) is 0 Å². The second-order valence-corrected chi connectivity index (χ2v) is 4.68. The van der Waals surface area contributed by atoms with Crippen molar-refractivity contribution < 1.29 is 14.4 Å². The van der Waals surface area contributed by atoms with Gasteiger partial charge in [-0.1, -0.05) is 42.5 Å². The predicted molar refractivity (Wildman–Crippen MR) is 74.5 cm³/mol. The molecule has 0 bridgehead atoms. The normalized spacial score (nSPS) is 17.4. The van der Waals surface area contributed by atoms with Gasteiger partial charge in [-0.3, -0.25) is 19.4 Å². The monoisotopic (exact) mass is 272 g/mol. The van der Waals surface area contributed by atoms with E-state index in [0.717, 1.165) is 15.4 Å². The van der Waals surface area contributed by atoms with Crippen molar-refractivity contribution in [3.63, 3.8) is 0 Å². The Morgan fingerprint density at radius 1 is 1.00 bits per heavy atom. The van der Waals surface area contributed by atoms with Gasteiger partial charge in [0, 0.05) is 14.1 Å². The number of imide groups is 2. The third-order valence-corrected chi connectivity index (χ3v) is 3.31. The van der Waals surface area contributed by atoms with Gasteiger partial charge in [-0.2, -0.15) is 0 Å². The average molecular weight is 272 g/mol. The summed E-state index contributed by atoms with van der Waals surface area (Å²) in [5.74, 6) is -1.71. The highest BCUT2D eigenvalue weighted by atomic mass is 16.2. The standard InChI is InChI=1S/C15H16N2O3/c1-16-13(18)12(14(19)17(2)15(16)20)10-6-9-11-7-4-3-5-8-11/h3-9,12H,10H2,1-2H3/b9-6+. The Balaban J connectivity index is 2.08. The quantitative estimate of drug-likeness (QED) is 0.788. The topological polar surface area (TPSA) is 57.7 Å². The van der Waals surface area contributed by atoms with Crippen molar-refractivity contribution in [3.8, 4) is 0 Å². The molecule has 0 saturated carbocycles. The fourth-order valence-corrected chi connectivity index (χ4v) is 2.09. The van der Waals surface area contributed by atoms with Gasteiger partial charge in [0.2, 0.25) is 11.8 Å². The first-order valence-electron chi connectivity index (χ1n) is 6.33. The molecular weight excluding hydrogens is 256 g/mol. The number of benzene rings is 1. The number of hydrogen-bond acceptors (Lipinski definition) is 3. The van der Waals surface area contributed by atoms with E-state index >= 15 is 0 Å². The average Bonchev–Trinajstić information content (AvgIpc) is 2.48. The highest BCUT2D eigenvalue weighted by Crippen LogP contribution is 2.19. The van der Waals surface area contributed by atoms with Gasteiger partial charge in [-0.05, 0) is 12.0 Å². The van der Waals surface area contributed by atoms with E-state index < -0.39 is 23.8 Å². The van der Waals surface area contributed by atoms with Crippen LogP contribution in [0.25, 0.3) is 6.08 Å². The third-order valence-electron chi connectivity index (χ3n) is 3.31. The Labute approximate surface area is 117 Å². The molecule has 1 saturated heterocycles. The molecule has 20 heavy (non-hydrogen) atoms. The molecule has 4 amide bonds. The molecule has 0 N–H and O–H groups in total. The Hall–Kier alpha value is -2.43. The summed E-state index contributed by atoms with van der Waals surface area (Å²) in [5.41, 5.74) is 1.00. The SMILES string of the molecule is CN1C(=O)C(C/C=C/c2ccccc2)C(=O)N(C)C1=O. The maximum atomic E-state index is 12.0. The fraction of sp³-hybridized carbons (Fsp3) is 0.267. The lowest BCUT2D eigenvalue weighted by atomic mass is 9.99. The molecule has 0 aromatic heterocycles. The fourth-order valence-electron chi connectivity index (χ4n) is 2.09. The van der Waals surface area contributed by atoms with Gasteiger partial charge in [0.25, 0.3) is 0 Å². The molecule has 2 rings (SSSR count). The number of nitrogens with zero attached hydrogens (tertiary/aromatic N) is 2. The Bertz CT molecular complexity index is 542. The van der Waals surface area contributed by atoms with Crippen LogP contribution in [-0.2, 0) is 9.59 Å². The molecule has 0 radical (unpaired) electrons. The van der Waals surface area contributed by atoms with E-state index in [9.17, 15) is 14.4 Å². The predicted octanol–water partition coefficient (Wildman–Crippen LogP) is 1.76. The van der Waals surface area contributed by atoms with Crippen LogP contribution in [-0.4, -0.2) is 41.7 Å². The summed E-state index contributed by atoms with van der Waals surface area (Å²) in [6.45, 7) is 0. The number of carbonyl (C=O) groups is 3. The molecule has 1 aliphatic heterocycles. The van der Waals surface area contributed by atoms with E-state index in [1.807, 2.05) is 36.4 Å². The van der Waals surface area contributed by atoms with Crippen LogP contribution in [0.4, 0.5) is 4.79 Å². The lowest BCUT2D eigenvalue weighted by molar-refractivity contribution is -0.147. The third kappa shape index (κ3) is 2.61. The van der Waals surface area contributed by atoms with Crippen molar-refractivity contribution in [2.45, 2.75) is 6.42 Å². The van der Waals surface area contributed by atoms with Crippen molar-refractivity contribution in [1.29, 1.82) is 0 Å². The van der Waals surface area contributed by atoms with Gasteiger partial charge >= 0.3 is 6.03 Å². The highest BCUT2D eigenvalue weighted by Gasteiger charge is 2.41. The van der Waals surface area contributed by atoms with Crippen molar-refractivity contribution in [2.75, 3.05) is 14.1 Å². The number of rotatable bonds is 3. The molecule has 0 spiro atoms. The molecule has 5 heteroatoms. The number of allylic oxidation sites excluding steroid dienone is 1. The van der Waals surface area contributed by atoms with Crippen LogP contribution in [0.3, 0.4) is 0 Å². The minimum atomic E-state index is -0.817. The minimum Gasteiger partial charge on any atom is -0.273 e. The van der Waals surface area contributed by atoms with Crippen molar-refractivity contribution in [1.82, 2.24) is 9.80 Å². The highest BCUT2D eigenvalue weighted by molar-refractivity contribution is 6.15. The molecular formula is C15H16N2O3. The van der Waals surface area contributed by atoms with Crippen LogP contribution < -0.4 is 0 Å². The van der Waals surface area contributed by atoms with Crippen LogP contribution in [0.5, 0.6) is 0 Å². The Morgan fingerprint density at radius 3 is 2.10 bits per heavy atom. The maximum absolute atomic E-state index is 12.0. The largest absolute Gasteiger partial charge is 0.332 e. The summed E-state index contributed by atoms with van der Waals surface area (Å²) >= 11 is 0. The zero-order chi connectivity index (χ0) is 14.7. The van der Waals surface area contributed by atoms with Crippen LogP contribution >= 0.6 is 0 Å². The summed E-state index contributed by atoms with van der Waals surface area (Å²) in [6, 6.07) is 9.03. The van der Waals surface area contributed by atoms with Gasteiger partial charge in [0.05, 0.1) is 0 Å². The smallest absolute Gasteiger partial charge is 0.273 e. The second kappa shape index (κ2) is 5.69. The van der Waals surface area contributed by atoms with Crippen LogP contribution in [0.2, 0.25) is 0 Å². The molecule has 5 nitrogen and oxygen atoms in total. The lowest BCUT2D eigenvalue weighted by Crippen LogP contribution is -2.56. The molecule has 104 valence electrons. The number of urea groups is 1. The van der Waals surface area contributed by atoms with Crippen LogP contribution in [0.1, 0.15) is 12.0 Å². The number of amides is 4. The first-order chi connectivity index (χ1) is 9.52. The number of barbiturate groups is 1. The molecule has 1 aliphatic rings.